The van der Waals surface area contributed by atoms with Gasteiger partial charge in [-0.3, -0.25) is 14.9 Å². The Morgan fingerprint density at radius 3 is 2.73 bits per heavy atom. The van der Waals surface area contributed by atoms with E-state index in [-0.39, 0.29) is 11.3 Å². The van der Waals surface area contributed by atoms with E-state index in [9.17, 15) is 14.9 Å². The van der Waals surface area contributed by atoms with Gasteiger partial charge in [0, 0.05) is 11.9 Å². The first-order chi connectivity index (χ1) is 7.19. The summed E-state index contributed by atoms with van der Waals surface area (Å²) in [5.74, 6) is 0.337. The minimum absolute atomic E-state index is 0.0722. The maximum absolute atomic E-state index is 10.6. The standard InChI is InChI=1S/C10H8ClNO3/c11-5-1-2-8-3-4-9(7-13)10(6-8)12(14)15/h1-4,6-7H,5H2. The first-order valence-corrected chi connectivity index (χ1v) is 4.68. The number of nitrogens with zero attached hydrogens (tertiary/aromatic N) is 1. The summed E-state index contributed by atoms with van der Waals surface area (Å²) in [5.41, 5.74) is 0.526. The Bertz CT molecular complexity index is 415. The summed E-state index contributed by atoms with van der Waals surface area (Å²) in [5, 5.41) is 10.6. The molecule has 0 amide bonds. The summed E-state index contributed by atoms with van der Waals surface area (Å²) >= 11 is 5.44. The number of carbonyl (C=O) groups is 1. The van der Waals surface area contributed by atoms with Gasteiger partial charge in [-0.2, -0.15) is 0 Å². The smallest absolute Gasteiger partial charge is 0.280 e. The van der Waals surface area contributed by atoms with Gasteiger partial charge in [-0.1, -0.05) is 18.2 Å². The molecule has 0 aliphatic heterocycles. The van der Waals surface area contributed by atoms with Gasteiger partial charge in [-0.05, 0) is 11.6 Å². The quantitative estimate of drug-likeness (QED) is 0.343. The number of hydrogen-bond acceptors (Lipinski definition) is 3. The highest BCUT2D eigenvalue weighted by molar-refractivity contribution is 6.19. The van der Waals surface area contributed by atoms with Gasteiger partial charge in [-0.25, -0.2) is 0 Å². The first-order valence-electron chi connectivity index (χ1n) is 4.15. The van der Waals surface area contributed by atoms with E-state index in [4.69, 9.17) is 11.6 Å². The molecule has 0 radical (unpaired) electrons. The molecule has 1 aromatic rings. The molecule has 0 spiro atoms. The zero-order chi connectivity index (χ0) is 11.3. The largest absolute Gasteiger partial charge is 0.298 e. The van der Waals surface area contributed by atoms with Crippen LogP contribution in [-0.2, 0) is 0 Å². The maximum atomic E-state index is 10.6. The minimum atomic E-state index is -0.582. The van der Waals surface area contributed by atoms with E-state index in [0.29, 0.717) is 17.7 Å². The molecule has 1 aromatic carbocycles. The van der Waals surface area contributed by atoms with Crippen LogP contribution < -0.4 is 0 Å². The lowest BCUT2D eigenvalue weighted by Crippen LogP contribution is -1.94. The molecule has 0 fully saturated rings. The Hall–Kier alpha value is -1.68. The SMILES string of the molecule is O=Cc1ccc(C=CCCl)cc1[N+](=O)[O-]. The van der Waals surface area contributed by atoms with E-state index in [1.165, 1.54) is 12.1 Å². The highest BCUT2D eigenvalue weighted by Gasteiger charge is 2.12. The third-order valence-corrected chi connectivity index (χ3v) is 1.96. The molecule has 0 saturated carbocycles. The van der Waals surface area contributed by atoms with Crippen molar-refractivity contribution >= 4 is 29.7 Å². The predicted octanol–water partition coefficient (Wildman–Crippen LogP) is 2.66. The van der Waals surface area contributed by atoms with Crippen molar-refractivity contribution in [1.82, 2.24) is 0 Å². The zero-order valence-electron chi connectivity index (χ0n) is 7.72. The predicted molar refractivity (Wildman–Crippen MR) is 58.2 cm³/mol. The fourth-order valence-electron chi connectivity index (χ4n) is 1.10. The Morgan fingerprint density at radius 1 is 1.47 bits per heavy atom. The van der Waals surface area contributed by atoms with Gasteiger partial charge in [0.2, 0.25) is 0 Å². The maximum Gasteiger partial charge on any atom is 0.280 e. The summed E-state index contributed by atoms with van der Waals surface area (Å²) in [6.07, 6.45) is 3.79. The average Bonchev–Trinajstić information content (AvgIpc) is 2.25. The molecule has 0 N–H and O–H groups in total. The zero-order valence-corrected chi connectivity index (χ0v) is 8.48. The molecule has 78 valence electrons. The summed E-state index contributed by atoms with van der Waals surface area (Å²) < 4.78 is 0. The Morgan fingerprint density at radius 2 is 2.20 bits per heavy atom. The molecular formula is C10H8ClNO3. The fraction of sp³-hybridized carbons (Fsp3) is 0.100. The highest BCUT2D eigenvalue weighted by Crippen LogP contribution is 2.19. The number of rotatable bonds is 4. The van der Waals surface area contributed by atoms with Crippen molar-refractivity contribution in [3.8, 4) is 0 Å². The molecule has 0 unspecified atom stereocenters. The number of alkyl halides is 1. The van der Waals surface area contributed by atoms with Crippen LogP contribution in [0.3, 0.4) is 0 Å². The molecule has 0 saturated heterocycles. The van der Waals surface area contributed by atoms with Crippen LogP contribution in [0, 0.1) is 10.1 Å². The Kier molecular flexibility index (Phi) is 4.00. The molecule has 0 atom stereocenters. The van der Waals surface area contributed by atoms with Gasteiger partial charge in [-0.15, -0.1) is 11.6 Å². The lowest BCUT2D eigenvalue weighted by molar-refractivity contribution is -0.385. The second-order valence-corrected chi connectivity index (χ2v) is 3.06. The van der Waals surface area contributed by atoms with Gasteiger partial charge >= 0.3 is 0 Å². The molecule has 0 aromatic heterocycles. The van der Waals surface area contributed by atoms with E-state index < -0.39 is 4.92 Å². The number of nitro groups is 1. The Labute approximate surface area is 91.3 Å². The number of halogens is 1. The van der Waals surface area contributed by atoms with Crippen LogP contribution in [-0.4, -0.2) is 17.1 Å². The fourth-order valence-corrected chi connectivity index (χ4v) is 1.19. The molecule has 1 rings (SSSR count). The van der Waals surface area contributed by atoms with Crippen molar-refractivity contribution in [2.75, 3.05) is 5.88 Å². The van der Waals surface area contributed by atoms with Crippen molar-refractivity contribution in [2.45, 2.75) is 0 Å². The molecule has 0 aliphatic rings. The third-order valence-electron chi connectivity index (χ3n) is 1.78. The Balaban J connectivity index is 3.15. The number of nitro benzene ring substituents is 1. The number of allylic oxidation sites excluding steroid dienone is 1. The minimum Gasteiger partial charge on any atom is -0.298 e. The van der Waals surface area contributed by atoms with Crippen LogP contribution in [0.2, 0.25) is 0 Å². The van der Waals surface area contributed by atoms with Crippen LogP contribution in [0.1, 0.15) is 15.9 Å². The van der Waals surface area contributed by atoms with Crippen LogP contribution in [0.25, 0.3) is 6.08 Å². The van der Waals surface area contributed by atoms with E-state index >= 15 is 0 Å². The molecule has 4 nitrogen and oxygen atoms in total. The second-order valence-electron chi connectivity index (χ2n) is 2.75. The van der Waals surface area contributed by atoms with Gasteiger partial charge < -0.3 is 0 Å². The molecule has 0 heterocycles. The lowest BCUT2D eigenvalue weighted by Gasteiger charge is -1.97. The number of hydrogen-bond donors (Lipinski definition) is 0. The molecule has 0 aliphatic carbocycles. The summed E-state index contributed by atoms with van der Waals surface area (Å²) in [6.45, 7) is 0. The number of carbonyl (C=O) groups excluding carboxylic acids is 1. The second kappa shape index (κ2) is 5.26. The van der Waals surface area contributed by atoms with Gasteiger partial charge in [0.25, 0.3) is 5.69 Å². The van der Waals surface area contributed by atoms with Crippen molar-refractivity contribution in [2.24, 2.45) is 0 Å². The van der Waals surface area contributed by atoms with Crippen LogP contribution in [0.5, 0.6) is 0 Å². The molecule has 5 heteroatoms. The number of benzene rings is 1. The van der Waals surface area contributed by atoms with Crippen LogP contribution in [0.15, 0.2) is 24.3 Å². The third kappa shape index (κ3) is 2.89. The van der Waals surface area contributed by atoms with E-state index in [1.807, 2.05) is 0 Å². The summed E-state index contributed by atoms with van der Waals surface area (Å²) in [7, 11) is 0. The summed E-state index contributed by atoms with van der Waals surface area (Å²) in [6, 6.07) is 4.38. The molecular weight excluding hydrogens is 218 g/mol. The van der Waals surface area contributed by atoms with Gasteiger partial charge in [0.1, 0.15) is 0 Å². The van der Waals surface area contributed by atoms with Crippen molar-refractivity contribution in [3.63, 3.8) is 0 Å². The van der Waals surface area contributed by atoms with Crippen molar-refractivity contribution in [3.05, 3.63) is 45.5 Å². The number of aldehydes is 1. The van der Waals surface area contributed by atoms with Crippen molar-refractivity contribution < 1.29 is 9.72 Å². The topological polar surface area (TPSA) is 60.2 Å². The van der Waals surface area contributed by atoms with E-state index in [2.05, 4.69) is 0 Å². The van der Waals surface area contributed by atoms with Crippen molar-refractivity contribution in [1.29, 1.82) is 0 Å². The normalized spacial score (nSPS) is 10.5. The molecule has 15 heavy (non-hydrogen) atoms. The highest BCUT2D eigenvalue weighted by atomic mass is 35.5. The van der Waals surface area contributed by atoms with Crippen LogP contribution >= 0.6 is 11.6 Å². The average molecular weight is 226 g/mol. The summed E-state index contributed by atoms with van der Waals surface area (Å²) in [4.78, 5) is 20.5. The monoisotopic (exact) mass is 225 g/mol. The van der Waals surface area contributed by atoms with Crippen LogP contribution in [0.4, 0.5) is 5.69 Å². The molecule has 0 bridgehead atoms. The van der Waals surface area contributed by atoms with E-state index in [1.54, 1.807) is 18.2 Å². The van der Waals surface area contributed by atoms with E-state index in [0.717, 1.165) is 0 Å². The van der Waals surface area contributed by atoms with Gasteiger partial charge in [0.15, 0.2) is 6.29 Å². The lowest BCUT2D eigenvalue weighted by atomic mass is 10.1. The first kappa shape index (κ1) is 11.4. The van der Waals surface area contributed by atoms with Gasteiger partial charge in [0.05, 0.1) is 10.5 Å².